The van der Waals surface area contributed by atoms with Gasteiger partial charge in [-0.1, -0.05) is 6.08 Å². The molecule has 0 saturated heterocycles. The second-order valence-electron chi connectivity index (χ2n) is 6.76. The predicted molar refractivity (Wildman–Crippen MR) is 102 cm³/mol. The first-order valence-corrected chi connectivity index (χ1v) is 9.08. The van der Waals surface area contributed by atoms with Crippen LogP contribution in [-0.2, 0) is 22.6 Å². The predicted octanol–water partition coefficient (Wildman–Crippen LogP) is 2.03. The lowest BCUT2D eigenvalue weighted by Gasteiger charge is -2.25. The van der Waals surface area contributed by atoms with Crippen molar-refractivity contribution in [1.82, 2.24) is 19.7 Å². The molecule has 0 spiro atoms. The molecule has 27 heavy (non-hydrogen) atoms. The van der Waals surface area contributed by atoms with Gasteiger partial charge in [-0.05, 0) is 47.8 Å². The molecule has 2 aromatic heterocycles. The van der Waals surface area contributed by atoms with Crippen molar-refractivity contribution in [3.63, 3.8) is 0 Å². The number of nitrogens with one attached hydrogen (secondary N) is 1. The van der Waals surface area contributed by atoms with Gasteiger partial charge in [0.1, 0.15) is 5.82 Å². The monoisotopic (exact) mass is 363 g/mol. The van der Waals surface area contributed by atoms with Crippen molar-refractivity contribution in [1.29, 1.82) is 0 Å². The fourth-order valence-electron chi connectivity index (χ4n) is 3.30. The van der Waals surface area contributed by atoms with E-state index in [1.54, 1.807) is 24.5 Å². The van der Waals surface area contributed by atoms with Crippen molar-refractivity contribution in [2.45, 2.75) is 25.8 Å². The number of hydrogen-bond acceptors (Lipinski definition) is 4. The van der Waals surface area contributed by atoms with Crippen molar-refractivity contribution < 1.29 is 9.59 Å². The number of aromatic nitrogens is 3. The molecule has 0 radical (unpaired) electrons. The van der Waals surface area contributed by atoms with E-state index in [9.17, 15) is 9.59 Å². The zero-order valence-corrected chi connectivity index (χ0v) is 15.0. The van der Waals surface area contributed by atoms with Crippen molar-refractivity contribution in [3.8, 4) is 0 Å². The number of carbonyl (C=O) groups excluding carboxylic acids is 2. The second kappa shape index (κ2) is 7.57. The summed E-state index contributed by atoms with van der Waals surface area (Å²) in [4.78, 5) is 29.9. The van der Waals surface area contributed by atoms with E-state index in [2.05, 4.69) is 21.5 Å². The first kappa shape index (κ1) is 17.2. The summed E-state index contributed by atoms with van der Waals surface area (Å²) in [5, 5.41) is 6.98. The minimum absolute atomic E-state index is 0.00134. The van der Waals surface area contributed by atoms with E-state index in [-0.39, 0.29) is 11.8 Å². The Hall–Kier alpha value is -3.22. The molecular weight excluding hydrogens is 342 g/mol. The smallest absolute Gasteiger partial charge is 0.246 e. The topological polar surface area (TPSA) is 80.1 Å². The van der Waals surface area contributed by atoms with Crippen LogP contribution in [0.15, 0.2) is 48.4 Å². The Morgan fingerprint density at radius 2 is 2.22 bits per heavy atom. The van der Waals surface area contributed by atoms with Crippen LogP contribution in [0.4, 0.5) is 5.82 Å². The highest BCUT2D eigenvalue weighted by Crippen LogP contribution is 2.21. The number of rotatable bonds is 4. The molecule has 0 unspecified atom stereocenters. The van der Waals surface area contributed by atoms with Gasteiger partial charge in [-0.25, -0.2) is 4.98 Å². The highest BCUT2D eigenvalue weighted by Gasteiger charge is 2.17. The molecule has 0 atom stereocenters. The molecule has 138 valence electrons. The van der Waals surface area contributed by atoms with Crippen LogP contribution in [0.5, 0.6) is 0 Å². The fraction of sp³-hybridized carbons (Fsp3) is 0.300. The lowest BCUT2D eigenvalue weighted by atomic mass is 10.0. The van der Waals surface area contributed by atoms with E-state index in [1.807, 2.05) is 27.9 Å². The molecule has 4 rings (SSSR count). The number of anilines is 1. The van der Waals surface area contributed by atoms with Crippen molar-refractivity contribution >= 4 is 23.7 Å². The fourth-order valence-corrected chi connectivity index (χ4v) is 3.30. The Morgan fingerprint density at radius 1 is 1.30 bits per heavy atom. The van der Waals surface area contributed by atoms with E-state index in [4.69, 9.17) is 0 Å². The number of fused-ring (bicyclic) bond motifs is 1. The van der Waals surface area contributed by atoms with Gasteiger partial charge in [0, 0.05) is 44.2 Å². The first-order valence-electron chi connectivity index (χ1n) is 9.08. The van der Waals surface area contributed by atoms with Crippen LogP contribution in [0, 0.1) is 0 Å². The van der Waals surface area contributed by atoms with Crippen LogP contribution in [0.25, 0.3) is 6.08 Å². The summed E-state index contributed by atoms with van der Waals surface area (Å²) >= 11 is 0. The van der Waals surface area contributed by atoms with Crippen molar-refractivity contribution in [3.05, 3.63) is 59.6 Å². The van der Waals surface area contributed by atoms with Crippen LogP contribution < -0.4 is 5.32 Å². The lowest BCUT2D eigenvalue weighted by Crippen LogP contribution is -2.34. The standard InChI is InChI=1S/C20H21N5O2/c26-18-4-3-17-12-16(13-21-20(17)23-18)2-5-19(27)24-10-6-15(7-11-24)14-25-9-1-8-22-25/h1-2,5-6,8-9,12-13H,3-4,7,10-11,14H2,(H,21,23,26). The van der Waals surface area contributed by atoms with Gasteiger partial charge in [-0.15, -0.1) is 0 Å². The summed E-state index contributed by atoms with van der Waals surface area (Å²) < 4.78 is 1.90. The van der Waals surface area contributed by atoms with Crippen molar-refractivity contribution in [2.75, 3.05) is 18.4 Å². The number of amides is 2. The maximum absolute atomic E-state index is 12.4. The molecule has 0 fully saturated rings. The van der Waals surface area contributed by atoms with E-state index in [0.29, 0.717) is 31.7 Å². The molecular formula is C20H21N5O2. The molecule has 0 aliphatic carbocycles. The largest absolute Gasteiger partial charge is 0.335 e. The van der Waals surface area contributed by atoms with Crippen LogP contribution in [0.3, 0.4) is 0 Å². The Morgan fingerprint density at radius 3 is 3.00 bits per heavy atom. The minimum Gasteiger partial charge on any atom is -0.335 e. The molecule has 2 aliphatic heterocycles. The highest BCUT2D eigenvalue weighted by molar-refractivity contribution is 5.94. The normalized spacial score (nSPS) is 16.8. The Bertz CT molecular complexity index is 914. The third kappa shape index (κ3) is 4.13. The third-order valence-corrected chi connectivity index (χ3v) is 4.82. The Balaban J connectivity index is 1.35. The lowest BCUT2D eigenvalue weighted by molar-refractivity contribution is -0.125. The van der Waals surface area contributed by atoms with Gasteiger partial charge < -0.3 is 10.2 Å². The molecule has 7 nitrogen and oxygen atoms in total. The first-order chi connectivity index (χ1) is 13.2. The number of nitrogens with zero attached hydrogens (tertiary/aromatic N) is 4. The quantitative estimate of drug-likeness (QED) is 0.666. The summed E-state index contributed by atoms with van der Waals surface area (Å²) in [6.45, 7) is 2.11. The summed E-state index contributed by atoms with van der Waals surface area (Å²) in [5.41, 5.74) is 3.17. The molecule has 2 aliphatic rings. The molecule has 0 saturated carbocycles. The van der Waals surface area contributed by atoms with Gasteiger partial charge in [0.25, 0.3) is 0 Å². The van der Waals surface area contributed by atoms with Crippen LogP contribution in [0.2, 0.25) is 0 Å². The molecule has 2 amide bonds. The zero-order chi connectivity index (χ0) is 18.6. The van der Waals surface area contributed by atoms with Gasteiger partial charge in [0.15, 0.2) is 0 Å². The number of carbonyl (C=O) groups is 2. The summed E-state index contributed by atoms with van der Waals surface area (Å²) in [6.07, 6.45) is 12.9. The van der Waals surface area contributed by atoms with Crippen LogP contribution in [-0.4, -0.2) is 44.6 Å². The number of pyridine rings is 1. The molecule has 1 N–H and O–H groups in total. The number of hydrogen-bond donors (Lipinski definition) is 1. The van der Waals surface area contributed by atoms with Gasteiger partial charge in [0.05, 0.1) is 6.54 Å². The average molecular weight is 363 g/mol. The van der Waals surface area contributed by atoms with Crippen molar-refractivity contribution in [2.24, 2.45) is 0 Å². The molecule has 0 bridgehead atoms. The minimum atomic E-state index is -0.00425. The zero-order valence-electron chi connectivity index (χ0n) is 15.0. The van der Waals surface area contributed by atoms with Gasteiger partial charge in [0.2, 0.25) is 11.8 Å². The van der Waals surface area contributed by atoms with E-state index >= 15 is 0 Å². The van der Waals surface area contributed by atoms with E-state index in [1.165, 1.54) is 5.57 Å². The summed E-state index contributed by atoms with van der Waals surface area (Å²) in [7, 11) is 0. The van der Waals surface area contributed by atoms with Gasteiger partial charge >= 0.3 is 0 Å². The van der Waals surface area contributed by atoms with Gasteiger partial charge in [-0.3, -0.25) is 14.3 Å². The number of aryl methyl sites for hydroxylation is 1. The van der Waals surface area contributed by atoms with E-state index < -0.39 is 0 Å². The Kier molecular flexibility index (Phi) is 4.82. The highest BCUT2D eigenvalue weighted by atomic mass is 16.2. The van der Waals surface area contributed by atoms with Gasteiger partial charge in [-0.2, -0.15) is 5.10 Å². The Labute approximate surface area is 157 Å². The molecule has 0 aromatic carbocycles. The summed E-state index contributed by atoms with van der Waals surface area (Å²) in [6, 6.07) is 3.89. The average Bonchev–Trinajstić information content (AvgIpc) is 3.19. The molecule has 2 aromatic rings. The summed E-state index contributed by atoms with van der Waals surface area (Å²) in [5.74, 6) is 0.620. The van der Waals surface area contributed by atoms with Crippen LogP contribution >= 0.6 is 0 Å². The maximum Gasteiger partial charge on any atom is 0.246 e. The third-order valence-electron chi connectivity index (χ3n) is 4.82. The van der Waals surface area contributed by atoms with E-state index in [0.717, 1.165) is 24.1 Å². The van der Waals surface area contributed by atoms with Crippen LogP contribution in [0.1, 0.15) is 24.0 Å². The molecule has 7 heteroatoms. The SMILES string of the molecule is O=C1CCc2cc(C=CC(=O)N3CC=C(Cn4cccn4)CC3)cnc2N1. The maximum atomic E-state index is 12.4. The molecule has 4 heterocycles. The second-order valence-corrected chi connectivity index (χ2v) is 6.76.